The van der Waals surface area contributed by atoms with Gasteiger partial charge in [0.05, 0.1) is 41.5 Å². The van der Waals surface area contributed by atoms with Crippen LogP contribution in [0.1, 0.15) is 10.4 Å². The largest absolute Gasteiger partial charge is 0.494 e. The number of pyridine rings is 1. The van der Waals surface area contributed by atoms with Crippen LogP contribution in [0, 0.1) is 5.82 Å². The van der Waals surface area contributed by atoms with E-state index in [9.17, 15) is 9.18 Å². The Bertz CT molecular complexity index is 1400. The van der Waals surface area contributed by atoms with Crippen molar-refractivity contribution in [1.82, 2.24) is 14.9 Å². The number of nitrogens with zero attached hydrogens (tertiary/aromatic N) is 3. The minimum absolute atomic E-state index is 0.143. The fourth-order valence-corrected chi connectivity index (χ4v) is 4.66. The lowest BCUT2D eigenvalue weighted by molar-refractivity contribution is 0.100. The number of nitrogens with two attached hydrogens (primary N) is 1. The molecule has 0 spiro atoms. The topological polar surface area (TPSA) is 96.7 Å². The number of hydrogen-bond acceptors (Lipinski definition) is 6. The number of ether oxygens (including phenoxy) is 2. The van der Waals surface area contributed by atoms with Gasteiger partial charge in [-0.25, -0.2) is 9.37 Å². The molecular formula is C26H28FN5O3. The van der Waals surface area contributed by atoms with Crippen molar-refractivity contribution >= 4 is 33.5 Å². The van der Waals surface area contributed by atoms with E-state index in [1.807, 2.05) is 6.07 Å². The van der Waals surface area contributed by atoms with Crippen LogP contribution in [0.3, 0.4) is 0 Å². The first kappa shape index (κ1) is 23.1. The van der Waals surface area contributed by atoms with Crippen LogP contribution in [-0.4, -0.2) is 74.3 Å². The predicted octanol–water partition coefficient (Wildman–Crippen LogP) is 3.40. The molecule has 1 amide bonds. The van der Waals surface area contributed by atoms with E-state index in [1.165, 1.54) is 19.2 Å². The van der Waals surface area contributed by atoms with Crippen LogP contribution in [-0.2, 0) is 4.74 Å². The molecule has 1 aliphatic heterocycles. The normalized spacial score (nSPS) is 14.7. The van der Waals surface area contributed by atoms with Crippen molar-refractivity contribution in [3.05, 3.63) is 53.8 Å². The van der Waals surface area contributed by atoms with E-state index in [0.717, 1.165) is 55.9 Å². The number of fused-ring (bicyclic) bond motifs is 3. The molecule has 4 aromatic rings. The molecule has 0 radical (unpaired) electrons. The number of piperazine rings is 1. The maximum absolute atomic E-state index is 14.3. The summed E-state index contributed by atoms with van der Waals surface area (Å²) in [6.07, 6.45) is 0. The number of aromatic amines is 1. The lowest BCUT2D eigenvalue weighted by Gasteiger charge is -2.36. The summed E-state index contributed by atoms with van der Waals surface area (Å²) in [5, 5.41) is 0.876. The van der Waals surface area contributed by atoms with Gasteiger partial charge in [-0.1, -0.05) is 0 Å². The zero-order chi connectivity index (χ0) is 24.5. The number of rotatable bonds is 7. The summed E-state index contributed by atoms with van der Waals surface area (Å²) in [5.74, 6) is -0.936. The third kappa shape index (κ3) is 4.40. The van der Waals surface area contributed by atoms with Gasteiger partial charge in [0, 0.05) is 56.5 Å². The summed E-state index contributed by atoms with van der Waals surface area (Å²) >= 11 is 0. The number of anilines is 1. The summed E-state index contributed by atoms with van der Waals surface area (Å²) in [4.78, 5) is 25.2. The van der Waals surface area contributed by atoms with Gasteiger partial charge in [-0.2, -0.15) is 0 Å². The molecule has 8 nitrogen and oxygen atoms in total. The predicted molar refractivity (Wildman–Crippen MR) is 135 cm³/mol. The number of carbonyl (C=O) groups is 1. The molecule has 1 fully saturated rings. The maximum Gasteiger partial charge on any atom is 0.250 e. The van der Waals surface area contributed by atoms with Crippen molar-refractivity contribution in [2.24, 2.45) is 5.73 Å². The molecule has 0 aliphatic carbocycles. The highest BCUT2D eigenvalue weighted by Gasteiger charge is 2.20. The molecule has 3 heterocycles. The van der Waals surface area contributed by atoms with Crippen LogP contribution in [0.2, 0.25) is 0 Å². The average Bonchev–Trinajstić information content (AvgIpc) is 3.24. The summed E-state index contributed by atoms with van der Waals surface area (Å²) in [5.41, 5.74) is 10.2. The Morgan fingerprint density at radius 2 is 1.91 bits per heavy atom. The van der Waals surface area contributed by atoms with Crippen LogP contribution in [0.15, 0.2) is 42.5 Å². The average molecular weight is 478 g/mol. The number of aromatic nitrogens is 2. The Labute approximate surface area is 202 Å². The second kappa shape index (κ2) is 9.52. The quantitative estimate of drug-likeness (QED) is 0.424. The van der Waals surface area contributed by atoms with Gasteiger partial charge < -0.3 is 25.1 Å². The second-order valence-electron chi connectivity index (χ2n) is 8.67. The smallest absolute Gasteiger partial charge is 0.250 e. The molecule has 35 heavy (non-hydrogen) atoms. The van der Waals surface area contributed by atoms with E-state index >= 15 is 0 Å². The van der Waals surface area contributed by atoms with Gasteiger partial charge in [-0.15, -0.1) is 0 Å². The number of benzene rings is 2. The summed E-state index contributed by atoms with van der Waals surface area (Å²) in [6, 6.07) is 12.4. The first-order valence-corrected chi connectivity index (χ1v) is 11.5. The van der Waals surface area contributed by atoms with Crippen LogP contribution in [0.25, 0.3) is 33.2 Å². The van der Waals surface area contributed by atoms with Gasteiger partial charge in [0.1, 0.15) is 0 Å². The highest BCUT2D eigenvalue weighted by atomic mass is 19.1. The van der Waals surface area contributed by atoms with Crippen molar-refractivity contribution in [1.29, 1.82) is 0 Å². The molecule has 2 aromatic heterocycles. The second-order valence-corrected chi connectivity index (χ2v) is 8.67. The first-order valence-electron chi connectivity index (χ1n) is 11.5. The van der Waals surface area contributed by atoms with Crippen molar-refractivity contribution in [3.63, 3.8) is 0 Å². The van der Waals surface area contributed by atoms with Crippen molar-refractivity contribution in [2.45, 2.75) is 0 Å². The molecule has 9 heteroatoms. The van der Waals surface area contributed by atoms with Crippen LogP contribution in [0.4, 0.5) is 10.1 Å². The molecule has 1 aliphatic rings. The number of hydrogen-bond donors (Lipinski definition) is 2. The molecule has 3 N–H and O–H groups in total. The Hall–Kier alpha value is -3.69. The van der Waals surface area contributed by atoms with Gasteiger partial charge in [-0.05, 0) is 42.5 Å². The van der Waals surface area contributed by atoms with Crippen LogP contribution < -0.4 is 15.4 Å². The standard InChI is InChI=1S/C26H28FN5O3/c1-34-12-11-31-7-9-32(10-8-31)17-4-5-18-22(14-17)30-25-19(26(28)33)15-21(29-24(18)25)16-3-6-23(35-2)20(27)13-16/h3-6,13-15,30H,7-12H2,1-2H3,(H2,28,33). The van der Waals surface area contributed by atoms with Crippen molar-refractivity contribution in [2.75, 3.05) is 58.5 Å². The third-order valence-electron chi connectivity index (χ3n) is 6.60. The number of carbonyl (C=O) groups excluding carboxylic acids is 1. The molecule has 0 atom stereocenters. The number of H-pyrrole nitrogens is 1. The Balaban J connectivity index is 1.52. The number of halogens is 1. The lowest BCUT2D eigenvalue weighted by Crippen LogP contribution is -2.47. The van der Waals surface area contributed by atoms with E-state index in [4.69, 9.17) is 20.2 Å². The Morgan fingerprint density at radius 1 is 1.11 bits per heavy atom. The third-order valence-corrected chi connectivity index (χ3v) is 6.60. The molecule has 182 valence electrons. The SMILES string of the molecule is COCCN1CCN(c2ccc3c(c2)[nH]c2c(C(N)=O)cc(-c4ccc(OC)c(F)c4)nc23)CC1. The molecule has 1 saturated heterocycles. The molecular weight excluding hydrogens is 449 g/mol. The Kier molecular flexibility index (Phi) is 6.27. The van der Waals surface area contributed by atoms with Gasteiger partial charge in [-0.3, -0.25) is 9.69 Å². The van der Waals surface area contributed by atoms with Gasteiger partial charge >= 0.3 is 0 Å². The molecule has 5 rings (SSSR count). The fraction of sp³-hybridized carbons (Fsp3) is 0.308. The van der Waals surface area contributed by atoms with E-state index in [2.05, 4.69) is 26.9 Å². The van der Waals surface area contributed by atoms with E-state index in [1.54, 1.807) is 19.2 Å². The zero-order valence-corrected chi connectivity index (χ0v) is 19.8. The lowest BCUT2D eigenvalue weighted by atomic mass is 10.1. The van der Waals surface area contributed by atoms with Gasteiger partial charge in [0.25, 0.3) is 5.91 Å². The van der Waals surface area contributed by atoms with Gasteiger partial charge in [0.15, 0.2) is 11.6 Å². The van der Waals surface area contributed by atoms with Crippen LogP contribution in [0.5, 0.6) is 5.75 Å². The first-order chi connectivity index (χ1) is 17.0. The zero-order valence-electron chi connectivity index (χ0n) is 19.8. The maximum atomic E-state index is 14.3. The molecule has 2 aromatic carbocycles. The molecule has 0 unspecified atom stereocenters. The highest BCUT2D eigenvalue weighted by Crippen LogP contribution is 2.33. The summed E-state index contributed by atoms with van der Waals surface area (Å²) in [7, 11) is 3.14. The molecule has 0 saturated carbocycles. The van der Waals surface area contributed by atoms with Crippen LogP contribution >= 0.6 is 0 Å². The molecule has 0 bridgehead atoms. The number of primary amides is 1. The van der Waals surface area contributed by atoms with Gasteiger partial charge in [0.2, 0.25) is 0 Å². The van der Waals surface area contributed by atoms with E-state index in [-0.39, 0.29) is 5.75 Å². The number of amides is 1. The van der Waals surface area contributed by atoms with Crippen molar-refractivity contribution in [3.8, 4) is 17.0 Å². The van der Waals surface area contributed by atoms with E-state index in [0.29, 0.717) is 27.9 Å². The minimum atomic E-state index is -0.577. The number of nitrogens with one attached hydrogen (secondary N) is 1. The minimum Gasteiger partial charge on any atom is -0.494 e. The Morgan fingerprint density at radius 3 is 2.60 bits per heavy atom. The highest BCUT2D eigenvalue weighted by molar-refractivity contribution is 6.14. The monoisotopic (exact) mass is 477 g/mol. The van der Waals surface area contributed by atoms with E-state index < -0.39 is 11.7 Å². The fourth-order valence-electron chi connectivity index (χ4n) is 4.66. The summed E-state index contributed by atoms with van der Waals surface area (Å²) < 4.78 is 24.5. The van der Waals surface area contributed by atoms with Crippen molar-refractivity contribution < 1.29 is 18.7 Å². The number of methoxy groups -OCH3 is 2. The summed E-state index contributed by atoms with van der Waals surface area (Å²) in [6.45, 7) is 5.47.